The maximum atomic E-state index is 10.9. The van der Waals surface area contributed by atoms with E-state index in [1.165, 1.54) is 11.8 Å². The van der Waals surface area contributed by atoms with E-state index in [9.17, 15) is 8.42 Å². The summed E-state index contributed by atoms with van der Waals surface area (Å²) in [6, 6.07) is 8.59. The fourth-order valence-corrected chi connectivity index (χ4v) is 3.03. The van der Waals surface area contributed by atoms with Crippen LogP contribution in [0.3, 0.4) is 0 Å². The van der Waals surface area contributed by atoms with Crippen molar-refractivity contribution >= 4 is 10.0 Å². The van der Waals surface area contributed by atoms with Gasteiger partial charge in [0.2, 0.25) is 10.0 Å². The molecule has 0 aliphatic heterocycles. The van der Waals surface area contributed by atoms with Crippen LogP contribution in [0.1, 0.15) is 24.3 Å². The molecule has 0 unspecified atom stereocenters. The summed E-state index contributed by atoms with van der Waals surface area (Å²) < 4.78 is 29.7. The smallest absolute Gasteiger partial charge is 0.208 e. The first-order valence-electron chi connectivity index (χ1n) is 6.80. The molecule has 0 spiro atoms. The van der Waals surface area contributed by atoms with E-state index in [1.54, 1.807) is 7.11 Å². The van der Waals surface area contributed by atoms with Crippen LogP contribution >= 0.6 is 0 Å². The Kier molecular flexibility index (Phi) is 5.01. The molecule has 1 fully saturated rings. The summed E-state index contributed by atoms with van der Waals surface area (Å²) in [6.45, 7) is 1.10. The molecule has 2 rings (SSSR count). The Morgan fingerprint density at radius 3 is 2.60 bits per heavy atom. The highest BCUT2D eigenvalue weighted by molar-refractivity contribution is 7.88. The minimum atomic E-state index is -3.08. The number of methoxy groups -OCH3 is 1. The molecule has 0 heterocycles. The number of hydrogen-bond acceptors (Lipinski definition) is 4. The van der Waals surface area contributed by atoms with Crippen molar-refractivity contribution in [3.63, 3.8) is 0 Å². The van der Waals surface area contributed by atoms with Gasteiger partial charge in [0.15, 0.2) is 0 Å². The summed E-state index contributed by atoms with van der Waals surface area (Å²) >= 11 is 0. The van der Waals surface area contributed by atoms with Crippen molar-refractivity contribution in [1.82, 2.24) is 10.0 Å². The van der Waals surface area contributed by atoms with Gasteiger partial charge >= 0.3 is 0 Å². The van der Waals surface area contributed by atoms with Gasteiger partial charge in [-0.3, -0.25) is 0 Å². The van der Waals surface area contributed by atoms with Gasteiger partial charge in [-0.1, -0.05) is 18.2 Å². The topological polar surface area (TPSA) is 67.4 Å². The van der Waals surface area contributed by atoms with E-state index in [2.05, 4.69) is 16.1 Å². The molecule has 1 aliphatic rings. The lowest BCUT2D eigenvalue weighted by molar-refractivity contribution is 0.285. The zero-order valence-electron chi connectivity index (χ0n) is 11.9. The van der Waals surface area contributed by atoms with Crippen molar-refractivity contribution < 1.29 is 13.2 Å². The van der Waals surface area contributed by atoms with Gasteiger partial charge in [0.25, 0.3) is 0 Å². The first kappa shape index (κ1) is 15.3. The molecule has 6 heteroatoms. The highest BCUT2D eigenvalue weighted by Gasteiger charge is 2.31. The summed E-state index contributed by atoms with van der Waals surface area (Å²) in [5, 5.41) is 3.36. The van der Waals surface area contributed by atoms with Gasteiger partial charge in [-0.15, -0.1) is 0 Å². The molecule has 112 valence electrons. The van der Waals surface area contributed by atoms with Crippen LogP contribution in [0.2, 0.25) is 0 Å². The first-order chi connectivity index (χ1) is 9.49. The normalized spacial score (nSPS) is 22.3. The van der Waals surface area contributed by atoms with Crippen LogP contribution in [0, 0.1) is 0 Å². The molecule has 0 amide bonds. The number of ether oxygens (including phenoxy) is 1. The Hall–Kier alpha value is -1.11. The minimum absolute atomic E-state index is 0.439. The van der Waals surface area contributed by atoms with E-state index in [1.807, 2.05) is 18.2 Å². The van der Waals surface area contributed by atoms with E-state index in [4.69, 9.17) is 4.74 Å². The number of hydrogen-bond donors (Lipinski definition) is 2. The average Bonchev–Trinajstić information content (AvgIpc) is 2.35. The predicted octanol–water partition coefficient (Wildman–Crippen LogP) is 1.08. The summed E-state index contributed by atoms with van der Waals surface area (Å²) in [5.41, 5.74) is 1.27. The van der Waals surface area contributed by atoms with E-state index < -0.39 is 10.0 Å². The molecule has 20 heavy (non-hydrogen) atoms. The van der Waals surface area contributed by atoms with Crippen molar-refractivity contribution in [2.24, 2.45) is 0 Å². The Morgan fingerprint density at radius 2 is 1.95 bits per heavy atom. The molecule has 5 nitrogen and oxygen atoms in total. The fraction of sp³-hybridized carbons (Fsp3) is 0.571. The third-order valence-corrected chi connectivity index (χ3v) is 4.37. The molecular weight excluding hydrogens is 276 g/mol. The summed E-state index contributed by atoms with van der Waals surface area (Å²) in [6.07, 6.45) is 3.31. The lowest BCUT2D eigenvalue weighted by Crippen LogP contribution is -2.43. The molecule has 0 atom stereocenters. The highest BCUT2D eigenvalue weighted by Crippen LogP contribution is 2.40. The number of benzene rings is 1. The van der Waals surface area contributed by atoms with Gasteiger partial charge in [0.05, 0.1) is 13.4 Å². The molecule has 1 aromatic carbocycles. The van der Waals surface area contributed by atoms with Crippen LogP contribution in [0.15, 0.2) is 24.3 Å². The zero-order valence-corrected chi connectivity index (χ0v) is 12.7. The van der Waals surface area contributed by atoms with Crippen LogP contribution < -0.4 is 14.8 Å². The van der Waals surface area contributed by atoms with Crippen molar-refractivity contribution in [1.29, 1.82) is 0 Å². The Morgan fingerprint density at radius 1 is 1.25 bits per heavy atom. The highest BCUT2D eigenvalue weighted by atomic mass is 32.2. The van der Waals surface area contributed by atoms with E-state index in [0.29, 0.717) is 25.0 Å². The van der Waals surface area contributed by atoms with Crippen LogP contribution in [0.4, 0.5) is 0 Å². The van der Waals surface area contributed by atoms with Crippen LogP contribution in [-0.2, 0) is 10.0 Å². The van der Waals surface area contributed by atoms with Crippen molar-refractivity contribution in [2.45, 2.75) is 24.8 Å². The molecular formula is C14H22N2O3S. The molecule has 0 radical (unpaired) electrons. The summed E-state index contributed by atoms with van der Waals surface area (Å²) in [4.78, 5) is 0. The molecule has 1 aliphatic carbocycles. The monoisotopic (exact) mass is 298 g/mol. The van der Waals surface area contributed by atoms with E-state index in [0.717, 1.165) is 18.6 Å². The SMILES string of the molecule is COc1ccccc1C1CC(NCCNS(C)(=O)=O)C1. The third kappa shape index (κ3) is 4.19. The fourth-order valence-electron chi connectivity index (χ4n) is 2.55. The first-order valence-corrected chi connectivity index (χ1v) is 8.69. The zero-order chi connectivity index (χ0) is 14.6. The molecule has 0 saturated heterocycles. The van der Waals surface area contributed by atoms with Gasteiger partial charge < -0.3 is 10.1 Å². The van der Waals surface area contributed by atoms with Gasteiger partial charge in [-0.2, -0.15) is 0 Å². The Labute approximate surface area is 120 Å². The maximum Gasteiger partial charge on any atom is 0.208 e. The maximum absolute atomic E-state index is 10.9. The second kappa shape index (κ2) is 6.56. The van der Waals surface area contributed by atoms with Gasteiger partial charge in [-0.05, 0) is 30.4 Å². The quantitative estimate of drug-likeness (QED) is 0.739. The second-order valence-electron chi connectivity index (χ2n) is 5.23. The van der Waals surface area contributed by atoms with Crippen LogP contribution in [0.25, 0.3) is 0 Å². The molecule has 0 aromatic heterocycles. The van der Waals surface area contributed by atoms with Crippen molar-refractivity contribution in [2.75, 3.05) is 26.5 Å². The predicted molar refractivity (Wildman–Crippen MR) is 79.6 cm³/mol. The largest absolute Gasteiger partial charge is 0.496 e. The lowest BCUT2D eigenvalue weighted by atomic mass is 9.75. The number of nitrogens with one attached hydrogen (secondary N) is 2. The standard InChI is InChI=1S/C14H22N2O3S/c1-19-14-6-4-3-5-13(14)11-9-12(10-11)15-7-8-16-20(2,17)18/h3-6,11-12,15-16H,7-10H2,1-2H3. The number of rotatable bonds is 7. The number of para-hydroxylation sites is 1. The van der Waals surface area contributed by atoms with Gasteiger partial charge in [0, 0.05) is 19.1 Å². The molecule has 2 N–H and O–H groups in total. The average molecular weight is 298 g/mol. The summed E-state index contributed by atoms with van der Waals surface area (Å²) in [5.74, 6) is 1.49. The third-order valence-electron chi connectivity index (χ3n) is 3.64. The van der Waals surface area contributed by atoms with Gasteiger partial charge in [-0.25, -0.2) is 13.1 Å². The lowest BCUT2D eigenvalue weighted by Gasteiger charge is -2.37. The van der Waals surface area contributed by atoms with Crippen molar-refractivity contribution in [3.05, 3.63) is 29.8 Å². The van der Waals surface area contributed by atoms with E-state index >= 15 is 0 Å². The van der Waals surface area contributed by atoms with E-state index in [-0.39, 0.29) is 0 Å². The number of sulfonamides is 1. The van der Waals surface area contributed by atoms with Crippen molar-refractivity contribution in [3.8, 4) is 5.75 Å². The minimum Gasteiger partial charge on any atom is -0.496 e. The second-order valence-corrected chi connectivity index (χ2v) is 7.06. The molecule has 0 bridgehead atoms. The van der Waals surface area contributed by atoms with Gasteiger partial charge in [0.1, 0.15) is 5.75 Å². The van der Waals surface area contributed by atoms with Crippen LogP contribution in [0.5, 0.6) is 5.75 Å². The Balaban J connectivity index is 1.72. The molecule has 1 saturated carbocycles. The molecule has 1 aromatic rings. The summed E-state index contributed by atoms with van der Waals surface area (Å²) in [7, 11) is -1.38. The Bertz CT molecular complexity index is 539. The van der Waals surface area contributed by atoms with Crippen LogP contribution in [-0.4, -0.2) is 40.9 Å².